The zero-order valence-electron chi connectivity index (χ0n) is 10.6. The van der Waals surface area contributed by atoms with Crippen molar-refractivity contribution in [3.05, 3.63) is 48.0 Å². The summed E-state index contributed by atoms with van der Waals surface area (Å²) >= 11 is 0. The predicted octanol–water partition coefficient (Wildman–Crippen LogP) is 2.14. The van der Waals surface area contributed by atoms with E-state index in [4.69, 9.17) is 0 Å². The van der Waals surface area contributed by atoms with Gasteiger partial charge in [0.2, 0.25) is 0 Å². The summed E-state index contributed by atoms with van der Waals surface area (Å²) < 4.78 is 0. The van der Waals surface area contributed by atoms with Gasteiger partial charge in [-0.25, -0.2) is 0 Å². The van der Waals surface area contributed by atoms with E-state index in [1.807, 2.05) is 6.07 Å². The summed E-state index contributed by atoms with van der Waals surface area (Å²) in [5, 5.41) is 13.1. The minimum atomic E-state index is 0.187. The Balaban J connectivity index is 1.55. The van der Waals surface area contributed by atoms with Crippen LogP contribution in [0.1, 0.15) is 18.4 Å². The van der Waals surface area contributed by atoms with Gasteiger partial charge in [0.15, 0.2) is 0 Å². The Bertz CT molecular complexity index is 414. The van der Waals surface area contributed by atoms with E-state index < -0.39 is 0 Å². The highest BCUT2D eigenvalue weighted by molar-refractivity contribution is 5.17. The smallest absolute Gasteiger partial charge is 0.0587 e. The summed E-state index contributed by atoms with van der Waals surface area (Å²) in [5.41, 5.74) is 1.29. The third-order valence-electron chi connectivity index (χ3n) is 4.36. The molecule has 1 aromatic rings. The van der Waals surface area contributed by atoms with E-state index in [0.717, 1.165) is 18.3 Å². The van der Waals surface area contributed by atoms with Gasteiger partial charge < -0.3 is 10.4 Å². The summed E-state index contributed by atoms with van der Waals surface area (Å²) in [6.45, 7) is 0.215. The van der Waals surface area contributed by atoms with Crippen LogP contribution >= 0.6 is 0 Å². The van der Waals surface area contributed by atoms with Gasteiger partial charge in [-0.1, -0.05) is 42.5 Å². The third kappa shape index (κ3) is 2.36. The van der Waals surface area contributed by atoms with Crippen molar-refractivity contribution in [3.63, 3.8) is 0 Å². The first-order valence-electron chi connectivity index (χ1n) is 6.94. The van der Waals surface area contributed by atoms with Crippen molar-refractivity contribution in [2.45, 2.75) is 31.3 Å². The second-order valence-corrected chi connectivity index (χ2v) is 5.58. The maximum atomic E-state index is 9.52. The lowest BCUT2D eigenvalue weighted by Gasteiger charge is -2.42. The van der Waals surface area contributed by atoms with Gasteiger partial charge in [0.1, 0.15) is 0 Å². The first-order valence-corrected chi connectivity index (χ1v) is 6.94. The largest absolute Gasteiger partial charge is 0.395 e. The quantitative estimate of drug-likeness (QED) is 0.777. The molecule has 1 fully saturated rings. The van der Waals surface area contributed by atoms with Gasteiger partial charge in [-0.15, -0.1) is 0 Å². The van der Waals surface area contributed by atoms with Crippen molar-refractivity contribution >= 4 is 0 Å². The Morgan fingerprint density at radius 1 is 1.28 bits per heavy atom. The van der Waals surface area contributed by atoms with E-state index >= 15 is 0 Å². The summed E-state index contributed by atoms with van der Waals surface area (Å²) in [6, 6.07) is 11.2. The number of aliphatic hydroxyl groups is 1. The summed E-state index contributed by atoms with van der Waals surface area (Å²) in [7, 11) is 0. The van der Waals surface area contributed by atoms with Gasteiger partial charge in [-0.3, -0.25) is 0 Å². The van der Waals surface area contributed by atoms with Crippen LogP contribution in [0.5, 0.6) is 0 Å². The van der Waals surface area contributed by atoms with Crippen LogP contribution in [0.3, 0.4) is 0 Å². The van der Waals surface area contributed by atoms with Gasteiger partial charge in [0.05, 0.1) is 6.61 Å². The molecule has 1 saturated carbocycles. The molecule has 2 N–H and O–H groups in total. The molecule has 0 radical (unpaired) electrons. The summed E-state index contributed by atoms with van der Waals surface area (Å²) in [5.74, 6) is 1.59. The minimum absolute atomic E-state index is 0.187. The van der Waals surface area contributed by atoms with Gasteiger partial charge in [-0.2, -0.15) is 0 Å². The molecule has 2 heteroatoms. The molecule has 4 atom stereocenters. The average Bonchev–Trinajstić information content (AvgIpc) is 2.77. The van der Waals surface area contributed by atoms with Crippen molar-refractivity contribution in [1.29, 1.82) is 0 Å². The molecular weight excluding hydrogens is 222 g/mol. The van der Waals surface area contributed by atoms with Crippen molar-refractivity contribution in [2.24, 2.45) is 11.8 Å². The highest BCUT2D eigenvalue weighted by atomic mass is 16.3. The highest BCUT2D eigenvalue weighted by Gasteiger charge is 2.41. The maximum absolute atomic E-state index is 9.52. The number of benzene rings is 1. The molecule has 0 heterocycles. The molecule has 18 heavy (non-hydrogen) atoms. The topological polar surface area (TPSA) is 32.3 Å². The second kappa shape index (κ2) is 5.25. The Morgan fingerprint density at radius 3 is 2.83 bits per heavy atom. The summed E-state index contributed by atoms with van der Waals surface area (Å²) in [4.78, 5) is 0. The SMILES string of the molecule is OCC(Cc1ccccc1)NC1CC2CC=CC21. The Hall–Kier alpha value is -1.12. The first-order chi connectivity index (χ1) is 8.86. The molecule has 0 amide bonds. The van der Waals surface area contributed by atoms with Crippen LogP contribution in [-0.4, -0.2) is 23.8 Å². The zero-order chi connectivity index (χ0) is 12.4. The van der Waals surface area contributed by atoms with Gasteiger partial charge in [-0.05, 0) is 36.7 Å². The molecule has 4 unspecified atom stereocenters. The molecule has 2 aliphatic carbocycles. The van der Waals surface area contributed by atoms with E-state index in [-0.39, 0.29) is 12.6 Å². The monoisotopic (exact) mass is 243 g/mol. The Labute approximate surface area is 109 Å². The van der Waals surface area contributed by atoms with E-state index in [9.17, 15) is 5.11 Å². The second-order valence-electron chi connectivity index (χ2n) is 5.58. The molecule has 0 saturated heterocycles. The van der Waals surface area contributed by atoms with Crippen molar-refractivity contribution in [1.82, 2.24) is 5.32 Å². The van der Waals surface area contributed by atoms with Crippen LogP contribution in [0.4, 0.5) is 0 Å². The molecule has 1 aromatic carbocycles. The van der Waals surface area contributed by atoms with Gasteiger partial charge in [0, 0.05) is 12.1 Å². The number of hydrogen-bond donors (Lipinski definition) is 2. The Morgan fingerprint density at radius 2 is 2.11 bits per heavy atom. The van der Waals surface area contributed by atoms with Gasteiger partial charge >= 0.3 is 0 Å². The van der Waals surface area contributed by atoms with Crippen molar-refractivity contribution < 1.29 is 5.11 Å². The van der Waals surface area contributed by atoms with Crippen molar-refractivity contribution in [2.75, 3.05) is 6.61 Å². The van der Waals surface area contributed by atoms with E-state index in [0.29, 0.717) is 6.04 Å². The Kier molecular flexibility index (Phi) is 3.48. The molecule has 0 spiro atoms. The number of allylic oxidation sites excluding steroid dienone is 1. The predicted molar refractivity (Wildman–Crippen MR) is 73.3 cm³/mol. The highest BCUT2D eigenvalue weighted by Crippen LogP contribution is 2.42. The first kappa shape index (κ1) is 11.9. The molecule has 3 rings (SSSR count). The minimum Gasteiger partial charge on any atom is -0.395 e. The molecule has 0 aliphatic heterocycles. The molecule has 96 valence electrons. The average molecular weight is 243 g/mol. The number of rotatable bonds is 5. The maximum Gasteiger partial charge on any atom is 0.0587 e. The number of hydrogen-bond acceptors (Lipinski definition) is 2. The molecular formula is C16H21NO. The van der Waals surface area contributed by atoms with Crippen molar-refractivity contribution in [3.8, 4) is 0 Å². The fourth-order valence-corrected chi connectivity index (χ4v) is 3.28. The third-order valence-corrected chi connectivity index (χ3v) is 4.36. The van der Waals surface area contributed by atoms with Crippen LogP contribution in [0.2, 0.25) is 0 Å². The standard InChI is InChI=1S/C16H21NO/c18-11-14(9-12-5-2-1-3-6-12)17-16-10-13-7-4-8-15(13)16/h1-6,8,13-18H,7,9-11H2. The van der Waals surface area contributed by atoms with Gasteiger partial charge in [0.25, 0.3) is 0 Å². The molecule has 0 aromatic heterocycles. The van der Waals surface area contributed by atoms with E-state index in [1.54, 1.807) is 0 Å². The fraction of sp³-hybridized carbons (Fsp3) is 0.500. The number of aliphatic hydroxyl groups excluding tert-OH is 1. The normalized spacial score (nSPS) is 30.8. The summed E-state index contributed by atoms with van der Waals surface area (Å²) in [6.07, 6.45) is 8.09. The fourth-order valence-electron chi connectivity index (χ4n) is 3.28. The van der Waals surface area contributed by atoms with Crippen LogP contribution in [0.15, 0.2) is 42.5 Å². The lowest BCUT2D eigenvalue weighted by molar-refractivity contribution is 0.129. The molecule has 2 aliphatic rings. The van der Waals surface area contributed by atoms with E-state index in [2.05, 4.69) is 41.7 Å². The van der Waals surface area contributed by atoms with Crippen LogP contribution in [-0.2, 0) is 6.42 Å². The van der Waals surface area contributed by atoms with Crippen LogP contribution < -0.4 is 5.32 Å². The molecule has 0 bridgehead atoms. The molecule has 2 nitrogen and oxygen atoms in total. The lowest BCUT2D eigenvalue weighted by Crippen LogP contribution is -2.53. The van der Waals surface area contributed by atoms with Crippen LogP contribution in [0.25, 0.3) is 0 Å². The zero-order valence-corrected chi connectivity index (χ0v) is 10.6. The number of nitrogens with one attached hydrogen (secondary N) is 1. The van der Waals surface area contributed by atoms with Crippen LogP contribution in [0, 0.1) is 11.8 Å². The van der Waals surface area contributed by atoms with E-state index in [1.165, 1.54) is 18.4 Å². The number of fused-ring (bicyclic) bond motifs is 1. The lowest BCUT2D eigenvalue weighted by atomic mass is 9.71.